The van der Waals surface area contributed by atoms with Crippen LogP contribution in [0, 0.1) is 6.92 Å². The van der Waals surface area contributed by atoms with Crippen LogP contribution in [-0.2, 0) is 11.5 Å². The molecule has 0 aliphatic heterocycles. The number of fused-ring (bicyclic) bond motifs is 1. The lowest BCUT2D eigenvalue weighted by molar-refractivity contribution is 0.0815. The second-order valence-corrected chi connectivity index (χ2v) is 12.6. The van der Waals surface area contributed by atoms with Gasteiger partial charge in [-0.2, -0.15) is 5.10 Å². The minimum Gasteiger partial charge on any atom is -0.360 e. The minimum atomic E-state index is -1.01. The van der Waals surface area contributed by atoms with Gasteiger partial charge in [0, 0.05) is 24.5 Å². The fourth-order valence-electron chi connectivity index (χ4n) is 1.94. The van der Waals surface area contributed by atoms with E-state index in [0.29, 0.717) is 6.73 Å². The zero-order valence-corrected chi connectivity index (χ0v) is 14.6. The van der Waals surface area contributed by atoms with Crippen molar-refractivity contribution in [2.24, 2.45) is 0 Å². The molecule has 3 nitrogen and oxygen atoms in total. The van der Waals surface area contributed by atoms with Crippen LogP contribution < -0.4 is 0 Å². The van der Waals surface area contributed by atoms with Gasteiger partial charge < -0.3 is 4.74 Å². The lowest BCUT2D eigenvalue weighted by Crippen LogP contribution is -2.22. The monoisotopic (exact) mass is 340 g/mol. The van der Waals surface area contributed by atoms with Gasteiger partial charge >= 0.3 is 0 Å². The highest BCUT2D eigenvalue weighted by Crippen LogP contribution is 2.22. The van der Waals surface area contributed by atoms with E-state index in [1.54, 1.807) is 0 Å². The van der Waals surface area contributed by atoms with Gasteiger partial charge in [-0.05, 0) is 31.2 Å². The van der Waals surface area contributed by atoms with Gasteiger partial charge in [0.1, 0.15) is 6.73 Å². The van der Waals surface area contributed by atoms with E-state index in [1.165, 1.54) is 11.4 Å². The van der Waals surface area contributed by atoms with Crippen molar-refractivity contribution in [3.05, 3.63) is 28.4 Å². The van der Waals surface area contributed by atoms with Crippen LogP contribution >= 0.6 is 15.9 Å². The van der Waals surface area contributed by atoms with Gasteiger partial charge in [-0.3, -0.25) is 0 Å². The number of ether oxygens (including phenoxy) is 1. The zero-order chi connectivity index (χ0) is 14.0. The van der Waals surface area contributed by atoms with Crippen LogP contribution in [0.15, 0.2) is 22.7 Å². The Bertz CT molecular complexity index is 575. The third-order valence-electron chi connectivity index (χ3n) is 3.11. The number of aromatic nitrogens is 2. The van der Waals surface area contributed by atoms with Gasteiger partial charge in [0.2, 0.25) is 0 Å². The Hall–Kier alpha value is -0.653. The second-order valence-electron chi connectivity index (χ2n) is 6.09. The Balaban J connectivity index is 2.07. The average Bonchev–Trinajstić information content (AvgIpc) is 2.60. The number of hydrogen-bond donors (Lipinski definition) is 0. The van der Waals surface area contributed by atoms with Gasteiger partial charge in [0.05, 0.1) is 11.2 Å². The summed E-state index contributed by atoms with van der Waals surface area (Å²) in [7, 11) is -1.01. The standard InChI is InChI=1S/C14H21BrN2OSi/c1-11-13-6-5-12(15)9-14(13)17(16-11)10-18-7-8-19(2,3)4/h5-6,9H,7-8,10H2,1-4H3. The minimum absolute atomic E-state index is 0.533. The molecule has 1 heterocycles. The molecule has 19 heavy (non-hydrogen) atoms. The molecule has 0 fully saturated rings. The number of benzene rings is 1. The molecule has 0 amide bonds. The molecule has 2 rings (SSSR count). The number of hydrogen-bond acceptors (Lipinski definition) is 2. The Morgan fingerprint density at radius 1 is 1.32 bits per heavy atom. The topological polar surface area (TPSA) is 27.1 Å². The summed E-state index contributed by atoms with van der Waals surface area (Å²) < 4.78 is 8.79. The highest BCUT2D eigenvalue weighted by Gasteiger charge is 2.12. The van der Waals surface area contributed by atoms with Crippen LogP contribution in [-0.4, -0.2) is 24.5 Å². The molecule has 1 aromatic heterocycles. The van der Waals surface area contributed by atoms with E-state index in [4.69, 9.17) is 4.74 Å². The predicted molar refractivity (Wildman–Crippen MR) is 86.3 cm³/mol. The summed E-state index contributed by atoms with van der Waals surface area (Å²) in [4.78, 5) is 0. The van der Waals surface area contributed by atoms with Crippen LogP contribution in [0.1, 0.15) is 5.69 Å². The summed E-state index contributed by atoms with van der Waals surface area (Å²) in [5, 5.41) is 5.74. The summed E-state index contributed by atoms with van der Waals surface area (Å²) in [5.41, 5.74) is 2.18. The molecule has 0 bridgehead atoms. The van der Waals surface area contributed by atoms with E-state index in [1.807, 2.05) is 17.7 Å². The summed E-state index contributed by atoms with van der Waals surface area (Å²) >= 11 is 3.51. The first kappa shape index (κ1) is 14.7. The summed E-state index contributed by atoms with van der Waals surface area (Å²) in [6.07, 6.45) is 0. The van der Waals surface area contributed by atoms with Crippen molar-refractivity contribution in [3.8, 4) is 0 Å². The fourth-order valence-corrected chi connectivity index (χ4v) is 3.05. The normalized spacial score (nSPS) is 12.3. The summed E-state index contributed by atoms with van der Waals surface area (Å²) in [6, 6.07) is 7.43. The molecule has 0 spiro atoms. The average molecular weight is 341 g/mol. The van der Waals surface area contributed by atoms with Crippen molar-refractivity contribution in [1.82, 2.24) is 9.78 Å². The lowest BCUT2D eigenvalue weighted by Gasteiger charge is -2.15. The molecule has 0 saturated carbocycles. The van der Waals surface area contributed by atoms with Crippen molar-refractivity contribution in [1.29, 1.82) is 0 Å². The van der Waals surface area contributed by atoms with E-state index in [2.05, 4.69) is 52.8 Å². The van der Waals surface area contributed by atoms with E-state index >= 15 is 0 Å². The predicted octanol–water partition coefficient (Wildman–Crippen LogP) is 4.42. The van der Waals surface area contributed by atoms with E-state index in [-0.39, 0.29) is 0 Å². The smallest absolute Gasteiger partial charge is 0.140 e. The Morgan fingerprint density at radius 3 is 2.74 bits per heavy atom. The molecule has 1 aromatic carbocycles. The first-order valence-electron chi connectivity index (χ1n) is 6.57. The number of aryl methyl sites for hydroxylation is 1. The second kappa shape index (κ2) is 5.77. The molecule has 104 valence electrons. The molecule has 0 radical (unpaired) electrons. The van der Waals surface area contributed by atoms with E-state index < -0.39 is 8.07 Å². The SMILES string of the molecule is Cc1nn(COCC[Si](C)(C)C)c2cc(Br)ccc12. The maximum atomic E-state index is 5.78. The molecule has 0 atom stereocenters. The van der Waals surface area contributed by atoms with Crippen LogP contribution in [0.25, 0.3) is 10.9 Å². The first-order valence-corrected chi connectivity index (χ1v) is 11.1. The number of rotatable bonds is 5. The van der Waals surface area contributed by atoms with Crippen LogP contribution in [0.4, 0.5) is 0 Å². The van der Waals surface area contributed by atoms with Crippen molar-refractivity contribution >= 4 is 34.9 Å². The molecule has 0 N–H and O–H groups in total. The van der Waals surface area contributed by atoms with Crippen LogP contribution in [0.2, 0.25) is 25.7 Å². The van der Waals surface area contributed by atoms with Crippen molar-refractivity contribution in [3.63, 3.8) is 0 Å². The molecule has 0 aliphatic rings. The highest BCUT2D eigenvalue weighted by molar-refractivity contribution is 9.10. The third kappa shape index (κ3) is 3.90. The Kier molecular flexibility index (Phi) is 4.48. The zero-order valence-electron chi connectivity index (χ0n) is 12.0. The maximum absolute atomic E-state index is 5.78. The molecular weight excluding hydrogens is 320 g/mol. The van der Waals surface area contributed by atoms with Crippen LogP contribution in [0.5, 0.6) is 0 Å². The fraction of sp³-hybridized carbons (Fsp3) is 0.500. The summed E-state index contributed by atoms with van der Waals surface area (Å²) in [6.45, 7) is 10.5. The molecule has 0 aliphatic carbocycles. The Labute approximate surface area is 124 Å². The maximum Gasteiger partial charge on any atom is 0.140 e. The molecule has 2 aromatic rings. The quantitative estimate of drug-likeness (QED) is 0.595. The first-order chi connectivity index (χ1) is 8.87. The van der Waals surface area contributed by atoms with Crippen molar-refractivity contribution in [2.45, 2.75) is 39.3 Å². The molecule has 0 saturated heterocycles. The lowest BCUT2D eigenvalue weighted by atomic mass is 10.2. The number of nitrogens with zero attached hydrogens (tertiary/aromatic N) is 2. The van der Waals surface area contributed by atoms with Gasteiger partial charge in [-0.25, -0.2) is 4.68 Å². The molecule has 5 heteroatoms. The summed E-state index contributed by atoms with van der Waals surface area (Å²) in [5.74, 6) is 0. The Morgan fingerprint density at radius 2 is 2.05 bits per heavy atom. The van der Waals surface area contributed by atoms with Crippen LogP contribution in [0.3, 0.4) is 0 Å². The molecule has 0 unspecified atom stereocenters. The molecular formula is C14H21BrN2OSi. The number of halogens is 1. The van der Waals surface area contributed by atoms with E-state index in [0.717, 1.165) is 22.3 Å². The van der Waals surface area contributed by atoms with Gasteiger partial charge in [0.25, 0.3) is 0 Å². The van der Waals surface area contributed by atoms with Crippen molar-refractivity contribution in [2.75, 3.05) is 6.61 Å². The van der Waals surface area contributed by atoms with Gasteiger partial charge in [0.15, 0.2) is 0 Å². The van der Waals surface area contributed by atoms with Gasteiger partial charge in [-0.1, -0.05) is 35.6 Å². The third-order valence-corrected chi connectivity index (χ3v) is 5.31. The van der Waals surface area contributed by atoms with Gasteiger partial charge in [-0.15, -0.1) is 0 Å². The van der Waals surface area contributed by atoms with Crippen molar-refractivity contribution < 1.29 is 4.74 Å². The largest absolute Gasteiger partial charge is 0.360 e. The highest BCUT2D eigenvalue weighted by atomic mass is 79.9. The van der Waals surface area contributed by atoms with E-state index in [9.17, 15) is 0 Å².